The van der Waals surface area contributed by atoms with Crippen molar-refractivity contribution >= 4 is 0 Å². The zero-order chi connectivity index (χ0) is 16.4. The van der Waals surface area contributed by atoms with Gasteiger partial charge < -0.3 is 9.84 Å². The van der Waals surface area contributed by atoms with Crippen LogP contribution in [0.2, 0.25) is 0 Å². The predicted molar refractivity (Wildman–Crippen MR) is 60.8 cm³/mol. The van der Waals surface area contributed by atoms with Crippen LogP contribution in [0.15, 0.2) is 12.1 Å². The highest BCUT2D eigenvalue weighted by Crippen LogP contribution is 2.36. The Kier molecular flexibility index (Phi) is 5.08. The Morgan fingerprint density at radius 3 is 2.00 bits per heavy atom. The molecule has 1 aromatic rings. The molecule has 0 fully saturated rings. The second-order valence-electron chi connectivity index (χ2n) is 4.63. The summed E-state index contributed by atoms with van der Waals surface area (Å²) in [6.45, 7) is 2.75. The van der Waals surface area contributed by atoms with Gasteiger partial charge in [-0.15, -0.1) is 0 Å². The molecule has 0 spiro atoms. The molecule has 0 aliphatic heterocycles. The zero-order valence-corrected chi connectivity index (χ0v) is 11.1. The first-order valence-corrected chi connectivity index (χ1v) is 5.87. The Hall–Kier alpha value is -1.51. The van der Waals surface area contributed by atoms with Gasteiger partial charge in [0, 0.05) is 11.8 Å². The van der Waals surface area contributed by atoms with Crippen molar-refractivity contribution < 1.29 is 36.2 Å². The van der Waals surface area contributed by atoms with Crippen LogP contribution in [0.5, 0.6) is 5.88 Å². The number of hydrogen-bond acceptors (Lipinski definition) is 3. The van der Waals surface area contributed by atoms with Crippen LogP contribution in [0, 0.1) is 0 Å². The highest BCUT2D eigenvalue weighted by Gasteiger charge is 2.59. The van der Waals surface area contributed by atoms with E-state index < -0.39 is 30.9 Å². The van der Waals surface area contributed by atoms with E-state index in [1.807, 2.05) is 0 Å². The number of nitrogens with zero attached hydrogens (tertiary/aromatic N) is 1. The molecule has 0 unspecified atom stereocenters. The fourth-order valence-electron chi connectivity index (χ4n) is 1.47. The summed E-state index contributed by atoms with van der Waals surface area (Å²) in [5, 5.41) is 8.99. The second kappa shape index (κ2) is 6.08. The summed E-state index contributed by atoms with van der Waals surface area (Å²) in [4.78, 5) is 3.61. The Bertz CT molecular complexity index is 470. The molecule has 0 aliphatic carbocycles. The molecule has 0 saturated carbocycles. The van der Waals surface area contributed by atoms with Crippen molar-refractivity contribution in [1.29, 1.82) is 0 Å². The molecule has 0 radical (unpaired) electrons. The van der Waals surface area contributed by atoms with Crippen LogP contribution in [-0.2, 0) is 6.61 Å². The molecule has 1 heterocycles. The number of alkyl halides is 6. The minimum atomic E-state index is -5.62. The molecule has 1 N–H and O–H groups in total. The monoisotopic (exact) mass is 317 g/mol. The van der Waals surface area contributed by atoms with E-state index in [0.717, 1.165) is 6.07 Å². The molecular formula is C12H13F6NO2. The van der Waals surface area contributed by atoms with Gasteiger partial charge >= 0.3 is 12.4 Å². The highest BCUT2D eigenvalue weighted by molar-refractivity contribution is 5.26. The summed E-state index contributed by atoms with van der Waals surface area (Å²) in [7, 11) is 0. The van der Waals surface area contributed by atoms with Crippen LogP contribution < -0.4 is 4.74 Å². The van der Waals surface area contributed by atoms with Crippen LogP contribution in [0.4, 0.5) is 26.3 Å². The van der Waals surface area contributed by atoms with Crippen molar-refractivity contribution in [2.24, 2.45) is 0 Å². The third-order valence-corrected chi connectivity index (χ3v) is 2.49. The van der Waals surface area contributed by atoms with E-state index in [2.05, 4.69) is 9.72 Å². The SMILES string of the molecule is CC(C)c1cc(CO)cc(OC(C(F)(F)F)C(F)(F)F)n1. The van der Waals surface area contributed by atoms with Crippen LogP contribution in [0.1, 0.15) is 31.0 Å². The second-order valence-corrected chi connectivity index (χ2v) is 4.63. The molecule has 0 aromatic carbocycles. The third kappa shape index (κ3) is 4.76. The van der Waals surface area contributed by atoms with Crippen LogP contribution in [0.3, 0.4) is 0 Å². The van der Waals surface area contributed by atoms with Gasteiger partial charge in [0.2, 0.25) is 5.88 Å². The number of ether oxygens (including phenoxy) is 1. The van der Waals surface area contributed by atoms with Crippen molar-refractivity contribution in [1.82, 2.24) is 4.98 Å². The first-order chi connectivity index (χ1) is 9.45. The lowest BCUT2D eigenvalue weighted by molar-refractivity contribution is -0.300. The molecule has 9 heteroatoms. The van der Waals surface area contributed by atoms with Crippen molar-refractivity contribution in [2.45, 2.75) is 44.8 Å². The van der Waals surface area contributed by atoms with Crippen LogP contribution >= 0.6 is 0 Å². The minimum absolute atomic E-state index is 0.117. The standard InChI is InChI=1S/C12H13F6NO2/c1-6(2)8-3-7(5-20)4-9(19-8)21-10(11(13,14)15)12(16,17)18/h3-4,6,10,20H,5H2,1-2H3. The minimum Gasteiger partial charge on any atom is -0.455 e. The molecule has 0 atom stereocenters. The number of hydrogen-bond donors (Lipinski definition) is 1. The average molecular weight is 317 g/mol. The third-order valence-electron chi connectivity index (χ3n) is 2.49. The van der Waals surface area contributed by atoms with Gasteiger partial charge in [-0.25, -0.2) is 4.98 Å². The fourth-order valence-corrected chi connectivity index (χ4v) is 1.47. The van der Waals surface area contributed by atoms with E-state index in [-0.39, 0.29) is 17.2 Å². The van der Waals surface area contributed by atoms with Gasteiger partial charge in [-0.05, 0) is 17.5 Å². The summed E-state index contributed by atoms with van der Waals surface area (Å²) < 4.78 is 78.5. The Labute approximate surface area is 116 Å². The summed E-state index contributed by atoms with van der Waals surface area (Å²) in [6, 6.07) is 2.23. The normalized spacial score (nSPS) is 13.1. The Morgan fingerprint density at radius 2 is 1.62 bits per heavy atom. The van der Waals surface area contributed by atoms with Crippen LogP contribution in [-0.4, -0.2) is 28.5 Å². The van der Waals surface area contributed by atoms with E-state index in [0.29, 0.717) is 0 Å². The van der Waals surface area contributed by atoms with Gasteiger partial charge in [-0.2, -0.15) is 26.3 Å². The maximum atomic E-state index is 12.4. The maximum absolute atomic E-state index is 12.4. The number of aliphatic hydroxyl groups is 1. The van der Waals surface area contributed by atoms with Crippen molar-refractivity contribution in [3.05, 3.63) is 23.4 Å². The van der Waals surface area contributed by atoms with Gasteiger partial charge in [0.05, 0.1) is 6.61 Å². The molecule has 0 bridgehead atoms. The summed E-state index contributed by atoms with van der Waals surface area (Å²) in [5.41, 5.74) is 0.339. The van der Waals surface area contributed by atoms with Gasteiger partial charge in [0.15, 0.2) is 0 Å². The van der Waals surface area contributed by atoms with Gasteiger partial charge in [-0.1, -0.05) is 13.8 Å². The fraction of sp³-hybridized carbons (Fsp3) is 0.583. The average Bonchev–Trinajstić information content (AvgIpc) is 2.32. The molecule has 1 aromatic heterocycles. The quantitative estimate of drug-likeness (QED) is 0.863. The number of rotatable bonds is 4. The highest BCUT2D eigenvalue weighted by atomic mass is 19.4. The molecule has 21 heavy (non-hydrogen) atoms. The Balaban J connectivity index is 3.18. The smallest absolute Gasteiger partial charge is 0.434 e. The number of pyridine rings is 1. The molecule has 0 saturated heterocycles. The lowest BCUT2D eigenvalue weighted by Gasteiger charge is -2.23. The first kappa shape index (κ1) is 17.5. The van der Waals surface area contributed by atoms with E-state index in [9.17, 15) is 26.3 Å². The summed E-state index contributed by atoms with van der Waals surface area (Å²) in [5.74, 6) is -1.08. The van der Waals surface area contributed by atoms with Gasteiger partial charge in [0.1, 0.15) is 0 Å². The van der Waals surface area contributed by atoms with Crippen molar-refractivity contribution in [3.63, 3.8) is 0 Å². The van der Waals surface area contributed by atoms with E-state index >= 15 is 0 Å². The summed E-state index contributed by atoms with van der Waals surface area (Å²) >= 11 is 0. The number of aliphatic hydroxyl groups excluding tert-OH is 1. The first-order valence-electron chi connectivity index (χ1n) is 5.87. The summed E-state index contributed by atoms with van der Waals surface area (Å²) in [6.07, 6.45) is -15.2. The van der Waals surface area contributed by atoms with E-state index in [1.54, 1.807) is 13.8 Å². The molecule has 0 amide bonds. The Morgan fingerprint density at radius 1 is 1.10 bits per heavy atom. The number of aromatic nitrogens is 1. The van der Waals surface area contributed by atoms with E-state index in [1.165, 1.54) is 6.07 Å². The largest absolute Gasteiger partial charge is 0.455 e. The lowest BCUT2D eigenvalue weighted by Crippen LogP contribution is -2.46. The van der Waals surface area contributed by atoms with Gasteiger partial charge in [-0.3, -0.25) is 0 Å². The molecule has 0 aliphatic rings. The molecule has 120 valence electrons. The molecule has 3 nitrogen and oxygen atoms in total. The van der Waals surface area contributed by atoms with Crippen molar-refractivity contribution in [2.75, 3.05) is 0 Å². The zero-order valence-electron chi connectivity index (χ0n) is 11.1. The topological polar surface area (TPSA) is 42.4 Å². The van der Waals surface area contributed by atoms with Crippen molar-refractivity contribution in [3.8, 4) is 5.88 Å². The van der Waals surface area contributed by atoms with Gasteiger partial charge in [0.25, 0.3) is 6.10 Å². The van der Waals surface area contributed by atoms with E-state index in [4.69, 9.17) is 5.11 Å². The molecule has 1 rings (SSSR count). The number of halogens is 6. The maximum Gasteiger partial charge on any atom is 0.434 e. The lowest BCUT2D eigenvalue weighted by atomic mass is 10.1. The molecular weight excluding hydrogens is 304 g/mol. The van der Waals surface area contributed by atoms with Crippen LogP contribution in [0.25, 0.3) is 0 Å². The predicted octanol–water partition coefficient (Wildman–Crippen LogP) is 3.57.